The van der Waals surface area contributed by atoms with Crippen LogP contribution in [0.5, 0.6) is 11.5 Å². The first-order valence-electron chi connectivity index (χ1n) is 6.59. The standard InChI is InChI=1S/C15H21BrO3/c1-15(2,9-17)11-6-12(16)14(13(7-11)18-3)19-8-10-4-5-10/h6-7,10,17H,4-5,8-9H2,1-3H3. The van der Waals surface area contributed by atoms with E-state index < -0.39 is 0 Å². The topological polar surface area (TPSA) is 38.7 Å². The smallest absolute Gasteiger partial charge is 0.175 e. The minimum atomic E-state index is -0.301. The third kappa shape index (κ3) is 3.42. The van der Waals surface area contributed by atoms with Crippen LogP contribution in [0.3, 0.4) is 0 Å². The summed E-state index contributed by atoms with van der Waals surface area (Å²) in [6.07, 6.45) is 2.52. The Morgan fingerprint density at radius 1 is 1.37 bits per heavy atom. The largest absolute Gasteiger partial charge is 0.493 e. The predicted molar refractivity (Wildman–Crippen MR) is 79.0 cm³/mol. The first kappa shape index (κ1) is 14.7. The zero-order valence-corrected chi connectivity index (χ0v) is 13.3. The second-order valence-electron chi connectivity index (χ2n) is 5.79. The first-order valence-corrected chi connectivity index (χ1v) is 7.39. The number of hydrogen-bond acceptors (Lipinski definition) is 3. The van der Waals surface area contributed by atoms with Gasteiger partial charge in [0.15, 0.2) is 11.5 Å². The van der Waals surface area contributed by atoms with Crippen LogP contribution in [-0.4, -0.2) is 25.4 Å². The minimum Gasteiger partial charge on any atom is -0.493 e. The molecule has 0 bridgehead atoms. The van der Waals surface area contributed by atoms with Crippen molar-refractivity contribution in [3.63, 3.8) is 0 Å². The van der Waals surface area contributed by atoms with Gasteiger partial charge >= 0.3 is 0 Å². The Morgan fingerprint density at radius 3 is 2.58 bits per heavy atom. The monoisotopic (exact) mass is 328 g/mol. The van der Waals surface area contributed by atoms with Gasteiger partial charge in [0.2, 0.25) is 0 Å². The van der Waals surface area contributed by atoms with Gasteiger partial charge in [0.25, 0.3) is 0 Å². The Labute approximate surface area is 123 Å². The molecule has 0 heterocycles. The van der Waals surface area contributed by atoms with Crippen molar-refractivity contribution in [2.75, 3.05) is 20.3 Å². The number of halogens is 1. The van der Waals surface area contributed by atoms with Gasteiger partial charge in [-0.05, 0) is 52.4 Å². The normalized spacial score (nSPS) is 15.4. The Morgan fingerprint density at radius 2 is 2.05 bits per heavy atom. The van der Waals surface area contributed by atoms with Gasteiger partial charge in [-0.1, -0.05) is 13.8 Å². The van der Waals surface area contributed by atoms with Crippen LogP contribution >= 0.6 is 15.9 Å². The van der Waals surface area contributed by atoms with Gasteiger partial charge in [0.1, 0.15) is 0 Å². The summed E-state index contributed by atoms with van der Waals surface area (Å²) in [6, 6.07) is 3.95. The zero-order chi connectivity index (χ0) is 14.0. The van der Waals surface area contributed by atoms with Gasteiger partial charge < -0.3 is 14.6 Å². The molecule has 0 radical (unpaired) electrons. The van der Waals surface area contributed by atoms with E-state index in [0.717, 1.165) is 22.4 Å². The molecule has 1 aromatic rings. The lowest BCUT2D eigenvalue weighted by molar-refractivity contribution is 0.217. The van der Waals surface area contributed by atoms with Crippen LogP contribution in [0.25, 0.3) is 0 Å². The fourth-order valence-electron chi connectivity index (χ4n) is 1.83. The highest BCUT2D eigenvalue weighted by molar-refractivity contribution is 9.10. The molecule has 1 saturated carbocycles. The van der Waals surface area contributed by atoms with Crippen LogP contribution in [0.4, 0.5) is 0 Å². The van der Waals surface area contributed by atoms with E-state index in [2.05, 4.69) is 15.9 Å². The molecule has 0 unspecified atom stereocenters. The Balaban J connectivity index is 2.28. The third-order valence-corrected chi connectivity index (χ3v) is 4.16. The van der Waals surface area contributed by atoms with E-state index in [1.165, 1.54) is 12.8 Å². The molecule has 0 saturated heterocycles. The summed E-state index contributed by atoms with van der Waals surface area (Å²) >= 11 is 3.54. The Kier molecular flexibility index (Phi) is 4.41. The van der Waals surface area contributed by atoms with Crippen molar-refractivity contribution in [2.24, 2.45) is 5.92 Å². The maximum absolute atomic E-state index is 9.47. The van der Waals surface area contributed by atoms with Gasteiger partial charge in [-0.25, -0.2) is 0 Å². The van der Waals surface area contributed by atoms with E-state index in [9.17, 15) is 5.11 Å². The highest BCUT2D eigenvalue weighted by atomic mass is 79.9. The lowest BCUT2D eigenvalue weighted by Gasteiger charge is -2.24. The fraction of sp³-hybridized carbons (Fsp3) is 0.600. The summed E-state index contributed by atoms with van der Waals surface area (Å²) in [7, 11) is 1.64. The zero-order valence-electron chi connectivity index (χ0n) is 11.7. The van der Waals surface area contributed by atoms with Crippen molar-refractivity contribution < 1.29 is 14.6 Å². The van der Waals surface area contributed by atoms with Crippen molar-refractivity contribution in [3.8, 4) is 11.5 Å². The Bertz CT molecular complexity index is 453. The number of aliphatic hydroxyl groups is 1. The van der Waals surface area contributed by atoms with Crippen LogP contribution in [0.1, 0.15) is 32.3 Å². The van der Waals surface area contributed by atoms with E-state index in [1.54, 1.807) is 7.11 Å². The molecule has 0 aliphatic heterocycles. The van der Waals surface area contributed by atoms with Crippen molar-refractivity contribution in [2.45, 2.75) is 32.1 Å². The molecule has 1 aromatic carbocycles. The maximum atomic E-state index is 9.47. The molecule has 1 aliphatic carbocycles. The van der Waals surface area contributed by atoms with Crippen LogP contribution in [0.15, 0.2) is 16.6 Å². The quantitative estimate of drug-likeness (QED) is 0.868. The van der Waals surface area contributed by atoms with Crippen molar-refractivity contribution in [3.05, 3.63) is 22.2 Å². The van der Waals surface area contributed by atoms with Gasteiger partial charge in [0, 0.05) is 5.41 Å². The van der Waals surface area contributed by atoms with E-state index in [4.69, 9.17) is 9.47 Å². The molecular weight excluding hydrogens is 308 g/mol. The van der Waals surface area contributed by atoms with Crippen LogP contribution in [0, 0.1) is 5.92 Å². The van der Waals surface area contributed by atoms with Gasteiger partial charge in [-0.3, -0.25) is 0 Å². The molecule has 4 heteroatoms. The maximum Gasteiger partial charge on any atom is 0.175 e. The average Bonchev–Trinajstić information content (AvgIpc) is 3.20. The summed E-state index contributed by atoms with van der Waals surface area (Å²) in [5.41, 5.74) is 0.725. The van der Waals surface area contributed by atoms with E-state index >= 15 is 0 Å². The predicted octanol–water partition coefficient (Wildman–Crippen LogP) is 3.52. The summed E-state index contributed by atoms with van der Waals surface area (Å²) < 4.78 is 12.2. The average molecular weight is 329 g/mol. The van der Waals surface area contributed by atoms with E-state index in [-0.39, 0.29) is 12.0 Å². The van der Waals surface area contributed by atoms with Crippen molar-refractivity contribution >= 4 is 15.9 Å². The van der Waals surface area contributed by atoms with E-state index in [1.807, 2.05) is 26.0 Å². The number of hydrogen-bond donors (Lipinski definition) is 1. The lowest BCUT2D eigenvalue weighted by Crippen LogP contribution is -2.22. The molecule has 2 rings (SSSR count). The van der Waals surface area contributed by atoms with Crippen LogP contribution in [0.2, 0.25) is 0 Å². The van der Waals surface area contributed by atoms with Gasteiger partial charge in [-0.15, -0.1) is 0 Å². The molecule has 1 N–H and O–H groups in total. The van der Waals surface area contributed by atoms with Gasteiger partial charge in [0.05, 0.1) is 24.8 Å². The Hall–Kier alpha value is -0.740. The summed E-state index contributed by atoms with van der Waals surface area (Å²) in [6.45, 7) is 4.83. The number of aliphatic hydroxyl groups excluding tert-OH is 1. The molecule has 1 aliphatic rings. The lowest BCUT2D eigenvalue weighted by atomic mass is 9.85. The van der Waals surface area contributed by atoms with Crippen LogP contribution < -0.4 is 9.47 Å². The molecule has 106 valence electrons. The first-order chi connectivity index (χ1) is 8.97. The van der Waals surface area contributed by atoms with Crippen molar-refractivity contribution in [1.82, 2.24) is 0 Å². The van der Waals surface area contributed by atoms with Crippen LogP contribution in [-0.2, 0) is 5.41 Å². The number of benzene rings is 1. The highest BCUT2D eigenvalue weighted by Crippen LogP contribution is 2.41. The SMILES string of the molecule is COc1cc(C(C)(C)CO)cc(Br)c1OCC1CC1. The molecule has 1 fully saturated rings. The molecule has 19 heavy (non-hydrogen) atoms. The number of ether oxygens (including phenoxy) is 2. The molecule has 0 spiro atoms. The number of rotatable bonds is 6. The molecular formula is C15H21BrO3. The van der Waals surface area contributed by atoms with Crippen molar-refractivity contribution in [1.29, 1.82) is 0 Å². The second-order valence-corrected chi connectivity index (χ2v) is 6.64. The molecule has 0 aromatic heterocycles. The van der Waals surface area contributed by atoms with Gasteiger partial charge in [-0.2, -0.15) is 0 Å². The molecule has 3 nitrogen and oxygen atoms in total. The molecule has 0 atom stereocenters. The number of methoxy groups -OCH3 is 1. The summed E-state index contributed by atoms with van der Waals surface area (Å²) in [5.74, 6) is 2.17. The summed E-state index contributed by atoms with van der Waals surface area (Å²) in [4.78, 5) is 0. The summed E-state index contributed by atoms with van der Waals surface area (Å²) in [5, 5.41) is 9.47. The van der Waals surface area contributed by atoms with E-state index in [0.29, 0.717) is 11.7 Å². The second kappa shape index (κ2) is 5.71. The highest BCUT2D eigenvalue weighted by Gasteiger charge is 2.25. The molecule has 0 amide bonds. The minimum absolute atomic E-state index is 0.0882. The third-order valence-electron chi connectivity index (χ3n) is 3.57. The fourth-order valence-corrected chi connectivity index (χ4v) is 2.38.